The number of ether oxygens (including phenoxy) is 4. The SMILES string of the molecule is O=C(O[C@@H](Cc1c(Cl)c[n+]([O-])cc1Cl)c1ccc(OC(F)F)c(OC(F)F)c1)c1ccc(CN(C(=O)O[C@H]2CN3CCC2CC3)c2ccccc2F)cc1. The van der Waals surface area contributed by atoms with Gasteiger partial charge in [-0.1, -0.05) is 53.5 Å². The number of benzene rings is 3. The number of carbonyl (C=O) groups excluding carboxylic acids is 2. The summed E-state index contributed by atoms with van der Waals surface area (Å²) >= 11 is 12.5. The van der Waals surface area contributed by atoms with Crippen LogP contribution in [0.2, 0.25) is 10.0 Å². The van der Waals surface area contributed by atoms with E-state index in [4.69, 9.17) is 32.7 Å². The number of carbonyl (C=O) groups is 2. The van der Waals surface area contributed by atoms with E-state index in [9.17, 15) is 32.4 Å². The van der Waals surface area contributed by atoms with Gasteiger partial charge in [-0.25, -0.2) is 14.0 Å². The number of esters is 1. The van der Waals surface area contributed by atoms with Crippen LogP contribution in [0.4, 0.5) is 32.4 Å². The maximum Gasteiger partial charge on any atom is 0.415 e. The highest BCUT2D eigenvalue weighted by atomic mass is 35.5. The van der Waals surface area contributed by atoms with Crippen molar-refractivity contribution in [3.63, 3.8) is 0 Å². The molecule has 54 heavy (non-hydrogen) atoms. The molecule has 2 atom stereocenters. The summed E-state index contributed by atoms with van der Waals surface area (Å²) in [5, 5.41) is 11.6. The van der Waals surface area contributed by atoms with Gasteiger partial charge in [0.05, 0.1) is 17.8 Å². The molecule has 4 aromatic rings. The second kappa shape index (κ2) is 17.1. The summed E-state index contributed by atoms with van der Waals surface area (Å²) in [5.41, 5.74) is 0.692. The van der Waals surface area contributed by atoms with Crippen molar-refractivity contribution in [1.82, 2.24) is 4.90 Å². The number of anilines is 1. The van der Waals surface area contributed by atoms with Gasteiger partial charge in [-0.2, -0.15) is 22.3 Å². The summed E-state index contributed by atoms with van der Waals surface area (Å²) in [6, 6.07) is 14.7. The lowest BCUT2D eigenvalue weighted by Crippen LogP contribution is -2.53. The van der Waals surface area contributed by atoms with Crippen molar-refractivity contribution in [3.05, 3.63) is 122 Å². The monoisotopic (exact) mass is 795 g/mol. The minimum absolute atomic E-state index is 0.00486. The molecule has 3 fully saturated rings. The smallest absolute Gasteiger partial charge is 0.415 e. The Morgan fingerprint density at radius 3 is 2.17 bits per heavy atom. The predicted molar refractivity (Wildman–Crippen MR) is 185 cm³/mol. The molecule has 0 N–H and O–H groups in total. The number of fused-ring (bicyclic) bond motifs is 3. The highest BCUT2D eigenvalue weighted by Gasteiger charge is 2.38. The number of para-hydroxylation sites is 1. The summed E-state index contributed by atoms with van der Waals surface area (Å²) in [6.45, 7) is -4.39. The van der Waals surface area contributed by atoms with Gasteiger partial charge >= 0.3 is 25.3 Å². The maximum absolute atomic E-state index is 15.0. The number of amides is 1. The molecule has 0 aliphatic carbocycles. The van der Waals surface area contributed by atoms with Gasteiger partial charge in [0.15, 0.2) is 23.9 Å². The van der Waals surface area contributed by atoms with Crippen LogP contribution in [0.1, 0.15) is 46.0 Å². The molecule has 0 radical (unpaired) electrons. The first-order valence-corrected chi connectivity index (χ1v) is 17.5. The van der Waals surface area contributed by atoms with Crippen molar-refractivity contribution in [2.24, 2.45) is 5.92 Å². The van der Waals surface area contributed by atoms with Crippen LogP contribution in [0.25, 0.3) is 0 Å². The first-order chi connectivity index (χ1) is 25.8. The lowest BCUT2D eigenvalue weighted by Gasteiger charge is -2.44. The van der Waals surface area contributed by atoms with Gasteiger partial charge in [0, 0.05) is 18.5 Å². The van der Waals surface area contributed by atoms with E-state index in [1.807, 2.05) is 0 Å². The summed E-state index contributed by atoms with van der Waals surface area (Å²) in [6.07, 6.45) is 1.15. The summed E-state index contributed by atoms with van der Waals surface area (Å²) in [7, 11) is 0. The number of nitrogens with zero attached hydrogens (tertiary/aromatic N) is 3. The fourth-order valence-electron chi connectivity index (χ4n) is 6.53. The molecule has 7 rings (SSSR count). The van der Waals surface area contributed by atoms with Gasteiger partial charge in [-0.15, -0.1) is 0 Å². The van der Waals surface area contributed by atoms with E-state index in [-0.39, 0.29) is 57.4 Å². The molecule has 4 heterocycles. The van der Waals surface area contributed by atoms with Crippen LogP contribution >= 0.6 is 23.2 Å². The van der Waals surface area contributed by atoms with E-state index < -0.39 is 48.7 Å². The fourth-order valence-corrected chi connectivity index (χ4v) is 7.13. The number of halogens is 7. The Bertz CT molecular complexity index is 1950. The highest BCUT2D eigenvalue weighted by molar-refractivity contribution is 6.35. The number of hydrogen-bond donors (Lipinski definition) is 0. The van der Waals surface area contributed by atoms with Crippen LogP contribution in [0.5, 0.6) is 11.5 Å². The van der Waals surface area contributed by atoms with Crippen molar-refractivity contribution in [1.29, 1.82) is 0 Å². The molecule has 3 aromatic carbocycles. The molecule has 0 unspecified atom stereocenters. The third-order valence-corrected chi connectivity index (χ3v) is 9.86. The number of alkyl halides is 4. The molecule has 1 aromatic heterocycles. The van der Waals surface area contributed by atoms with Crippen molar-refractivity contribution in [2.45, 2.75) is 51.2 Å². The topological polar surface area (TPSA) is 104 Å². The predicted octanol–water partition coefficient (Wildman–Crippen LogP) is 8.35. The summed E-state index contributed by atoms with van der Waals surface area (Å²) < 4.78 is 88.3. The quantitative estimate of drug-likeness (QED) is 0.0576. The highest BCUT2D eigenvalue weighted by Crippen LogP contribution is 2.37. The number of hydrogen-bond acceptors (Lipinski definition) is 8. The van der Waals surface area contributed by atoms with E-state index in [1.54, 1.807) is 6.07 Å². The molecule has 2 bridgehead atoms. The molecule has 3 aliphatic rings. The Balaban J connectivity index is 1.24. The van der Waals surface area contributed by atoms with Crippen LogP contribution in [0.3, 0.4) is 0 Å². The average molecular weight is 797 g/mol. The van der Waals surface area contributed by atoms with E-state index in [0.29, 0.717) is 16.8 Å². The minimum Gasteiger partial charge on any atom is -0.619 e. The molecule has 0 saturated carbocycles. The van der Waals surface area contributed by atoms with Crippen molar-refractivity contribution in [2.75, 3.05) is 24.5 Å². The van der Waals surface area contributed by atoms with Crippen LogP contribution in [-0.4, -0.2) is 55.9 Å². The second-order valence-corrected chi connectivity index (χ2v) is 13.5. The van der Waals surface area contributed by atoms with Crippen LogP contribution < -0.4 is 19.1 Å². The van der Waals surface area contributed by atoms with Crippen LogP contribution in [-0.2, 0) is 22.4 Å². The van der Waals surface area contributed by atoms with Gasteiger partial charge in [0.1, 0.15) is 28.1 Å². The van der Waals surface area contributed by atoms with Crippen molar-refractivity contribution in [3.8, 4) is 11.5 Å². The Kier molecular flexibility index (Phi) is 12.3. The number of piperidine rings is 3. The van der Waals surface area contributed by atoms with Gasteiger partial charge in [-0.3, -0.25) is 9.80 Å². The maximum atomic E-state index is 15.0. The third-order valence-electron chi connectivity index (χ3n) is 9.21. The molecule has 17 heteroatoms. The van der Waals surface area contributed by atoms with Gasteiger partial charge < -0.3 is 24.2 Å². The third kappa shape index (κ3) is 9.43. The molecule has 3 aliphatic heterocycles. The number of pyridine rings is 1. The van der Waals surface area contributed by atoms with E-state index in [1.165, 1.54) is 53.4 Å². The first-order valence-electron chi connectivity index (χ1n) is 16.7. The standard InChI is InChI=1S/C37H32Cl2F5N3O7/c38-26-18-46(50)19-27(39)25(26)16-31(24-9-10-30(52-35(41)42)32(15-24)53-36(43)44)51-34(48)23-7-5-21(6-8-23)17-47(29-4-2-1-3-28(29)40)37(49)54-33-20-45-13-11-22(33)12-14-45/h1-10,15,18-19,22,31,33,35-36H,11-14,16-17,20H2/t31-,33-/m0/s1. The molecule has 286 valence electrons. The van der Waals surface area contributed by atoms with Gasteiger partial charge in [0.2, 0.25) is 0 Å². The molecule has 10 nitrogen and oxygen atoms in total. The summed E-state index contributed by atoms with van der Waals surface area (Å²) in [4.78, 5) is 30.5. The number of rotatable bonds is 13. The summed E-state index contributed by atoms with van der Waals surface area (Å²) in [5.74, 6) is -2.78. The van der Waals surface area contributed by atoms with Crippen molar-refractivity contribution >= 4 is 41.0 Å². The zero-order valence-corrected chi connectivity index (χ0v) is 29.7. The Hall–Kier alpha value is -4.86. The van der Waals surface area contributed by atoms with E-state index >= 15 is 4.39 Å². The molecule has 3 saturated heterocycles. The van der Waals surface area contributed by atoms with Gasteiger partial charge in [0.25, 0.3) is 0 Å². The normalized spacial score (nSPS) is 18.4. The molecular weight excluding hydrogens is 764 g/mol. The molecular formula is C37H32Cl2F5N3O7. The lowest BCUT2D eigenvalue weighted by atomic mass is 9.86. The second-order valence-electron chi connectivity index (χ2n) is 12.6. The van der Waals surface area contributed by atoms with E-state index in [2.05, 4.69) is 14.4 Å². The Labute approximate surface area is 316 Å². The fraction of sp³-hybridized carbons (Fsp3) is 0.324. The zero-order valence-electron chi connectivity index (χ0n) is 28.2. The lowest BCUT2D eigenvalue weighted by molar-refractivity contribution is -0.605. The largest absolute Gasteiger partial charge is 0.619 e. The Morgan fingerprint density at radius 2 is 1.56 bits per heavy atom. The minimum atomic E-state index is -3.41. The first kappa shape index (κ1) is 38.9. The van der Waals surface area contributed by atoms with Gasteiger partial charge in [-0.05, 0) is 79.4 Å². The van der Waals surface area contributed by atoms with Crippen molar-refractivity contribution < 1.29 is 55.2 Å². The molecule has 1 amide bonds. The van der Waals surface area contributed by atoms with Crippen LogP contribution in [0, 0.1) is 16.9 Å². The van der Waals surface area contributed by atoms with E-state index in [0.717, 1.165) is 50.5 Å². The average Bonchev–Trinajstić information content (AvgIpc) is 3.13. The molecule has 0 spiro atoms. The Morgan fingerprint density at radius 1 is 0.907 bits per heavy atom. The zero-order chi connectivity index (χ0) is 38.5. The number of aromatic nitrogens is 1. The van der Waals surface area contributed by atoms with Crippen LogP contribution in [0.15, 0.2) is 79.1 Å².